The van der Waals surface area contributed by atoms with E-state index in [1.54, 1.807) is 7.11 Å². The summed E-state index contributed by atoms with van der Waals surface area (Å²) < 4.78 is 5.26. The van der Waals surface area contributed by atoms with Gasteiger partial charge in [0.25, 0.3) is 0 Å². The van der Waals surface area contributed by atoms with Crippen LogP contribution >= 0.6 is 0 Å². The van der Waals surface area contributed by atoms with Gasteiger partial charge in [-0.25, -0.2) is 0 Å². The van der Waals surface area contributed by atoms with Crippen LogP contribution < -0.4 is 10.1 Å². The van der Waals surface area contributed by atoms with Crippen molar-refractivity contribution < 1.29 is 9.53 Å². The minimum Gasteiger partial charge on any atom is -0.497 e. The molecule has 0 saturated carbocycles. The van der Waals surface area contributed by atoms with Crippen LogP contribution in [0.25, 0.3) is 10.9 Å². The summed E-state index contributed by atoms with van der Waals surface area (Å²) in [7, 11) is 1.64. The molecule has 2 aromatic carbocycles. The molecule has 23 heavy (non-hydrogen) atoms. The Kier molecular flexibility index (Phi) is 4.33. The number of carbonyl (C=O) groups excluding carboxylic acids is 1. The van der Waals surface area contributed by atoms with Gasteiger partial charge in [-0.15, -0.1) is 0 Å². The van der Waals surface area contributed by atoms with Gasteiger partial charge in [-0.05, 0) is 36.2 Å². The van der Waals surface area contributed by atoms with Crippen molar-refractivity contribution in [3.05, 3.63) is 65.9 Å². The van der Waals surface area contributed by atoms with E-state index in [0.717, 1.165) is 27.8 Å². The Balaban J connectivity index is 1.73. The third kappa shape index (κ3) is 3.37. The van der Waals surface area contributed by atoms with E-state index in [9.17, 15) is 4.79 Å². The van der Waals surface area contributed by atoms with E-state index >= 15 is 0 Å². The SMILES string of the molecule is COc1ccc2[nH]cc(CC(=O)NC(C)c3ccccc3)c2c1. The lowest BCUT2D eigenvalue weighted by atomic mass is 10.1. The van der Waals surface area contributed by atoms with Gasteiger partial charge in [0.2, 0.25) is 5.91 Å². The monoisotopic (exact) mass is 308 g/mol. The van der Waals surface area contributed by atoms with Gasteiger partial charge in [-0.1, -0.05) is 30.3 Å². The molecule has 0 bridgehead atoms. The lowest BCUT2D eigenvalue weighted by molar-refractivity contribution is -0.121. The zero-order valence-electron chi connectivity index (χ0n) is 13.3. The van der Waals surface area contributed by atoms with E-state index in [1.807, 2.05) is 61.7 Å². The molecular formula is C19H20N2O2. The number of hydrogen-bond donors (Lipinski definition) is 2. The van der Waals surface area contributed by atoms with Gasteiger partial charge < -0.3 is 15.0 Å². The lowest BCUT2D eigenvalue weighted by Crippen LogP contribution is -2.28. The zero-order chi connectivity index (χ0) is 16.2. The highest BCUT2D eigenvalue weighted by molar-refractivity contribution is 5.89. The third-order valence-corrected chi connectivity index (χ3v) is 4.00. The van der Waals surface area contributed by atoms with Gasteiger partial charge in [0, 0.05) is 17.1 Å². The minimum absolute atomic E-state index is 0.00470. The second-order valence-corrected chi connectivity index (χ2v) is 5.60. The second kappa shape index (κ2) is 6.57. The molecule has 1 amide bonds. The van der Waals surface area contributed by atoms with E-state index in [0.29, 0.717) is 6.42 Å². The molecule has 3 aromatic rings. The summed E-state index contributed by atoms with van der Waals surface area (Å²) in [6.07, 6.45) is 2.22. The van der Waals surface area contributed by atoms with Crippen LogP contribution in [0.1, 0.15) is 24.1 Å². The van der Waals surface area contributed by atoms with Crippen molar-refractivity contribution >= 4 is 16.8 Å². The molecule has 1 aromatic heterocycles. The first-order chi connectivity index (χ1) is 11.2. The summed E-state index contributed by atoms with van der Waals surface area (Å²) in [6.45, 7) is 1.99. The van der Waals surface area contributed by atoms with Gasteiger partial charge >= 0.3 is 0 Å². The molecule has 3 rings (SSSR count). The van der Waals surface area contributed by atoms with Crippen molar-refractivity contribution in [2.24, 2.45) is 0 Å². The fourth-order valence-electron chi connectivity index (χ4n) is 2.72. The molecule has 0 aliphatic heterocycles. The van der Waals surface area contributed by atoms with Crippen LogP contribution in [0.4, 0.5) is 0 Å². The van der Waals surface area contributed by atoms with Gasteiger partial charge in [-0.2, -0.15) is 0 Å². The molecule has 4 nitrogen and oxygen atoms in total. The van der Waals surface area contributed by atoms with Crippen LogP contribution in [-0.4, -0.2) is 18.0 Å². The number of nitrogens with one attached hydrogen (secondary N) is 2. The Bertz CT molecular complexity index is 809. The maximum absolute atomic E-state index is 12.3. The second-order valence-electron chi connectivity index (χ2n) is 5.60. The number of rotatable bonds is 5. The number of H-pyrrole nitrogens is 1. The van der Waals surface area contributed by atoms with Gasteiger partial charge in [0.05, 0.1) is 19.6 Å². The van der Waals surface area contributed by atoms with Gasteiger partial charge in [-0.3, -0.25) is 4.79 Å². The topological polar surface area (TPSA) is 54.1 Å². The molecule has 0 aliphatic rings. The third-order valence-electron chi connectivity index (χ3n) is 4.00. The van der Waals surface area contributed by atoms with Crippen molar-refractivity contribution in [2.75, 3.05) is 7.11 Å². The Hall–Kier alpha value is -2.75. The molecule has 0 radical (unpaired) electrons. The molecule has 1 heterocycles. The number of benzene rings is 2. The number of methoxy groups -OCH3 is 1. The van der Waals surface area contributed by atoms with Crippen molar-refractivity contribution in [1.82, 2.24) is 10.3 Å². The first-order valence-corrected chi connectivity index (χ1v) is 7.65. The molecule has 4 heteroatoms. The summed E-state index contributed by atoms with van der Waals surface area (Å²) in [5, 5.41) is 4.06. The predicted octanol–water partition coefficient (Wildman–Crippen LogP) is 3.60. The Labute approximate surface area is 135 Å². The van der Waals surface area contributed by atoms with E-state index in [2.05, 4.69) is 10.3 Å². The van der Waals surface area contributed by atoms with E-state index < -0.39 is 0 Å². The summed E-state index contributed by atoms with van der Waals surface area (Å²) >= 11 is 0. The van der Waals surface area contributed by atoms with Crippen LogP contribution in [-0.2, 0) is 11.2 Å². The summed E-state index contributed by atoms with van der Waals surface area (Å²) in [5.41, 5.74) is 3.07. The average Bonchev–Trinajstić information content (AvgIpc) is 2.97. The predicted molar refractivity (Wildman–Crippen MR) is 91.6 cm³/mol. The molecule has 0 saturated heterocycles. The molecule has 2 N–H and O–H groups in total. The first-order valence-electron chi connectivity index (χ1n) is 7.65. The van der Waals surface area contributed by atoms with Crippen LogP contribution in [0.15, 0.2) is 54.7 Å². The number of fused-ring (bicyclic) bond motifs is 1. The molecular weight excluding hydrogens is 288 g/mol. The highest BCUT2D eigenvalue weighted by atomic mass is 16.5. The first kappa shape index (κ1) is 15.2. The molecule has 1 atom stereocenters. The summed E-state index contributed by atoms with van der Waals surface area (Å²) in [4.78, 5) is 15.5. The number of hydrogen-bond acceptors (Lipinski definition) is 2. The maximum Gasteiger partial charge on any atom is 0.224 e. The van der Waals surface area contributed by atoms with E-state index in [1.165, 1.54) is 0 Å². The van der Waals surface area contributed by atoms with Crippen LogP contribution in [0.2, 0.25) is 0 Å². The molecule has 0 spiro atoms. The van der Waals surface area contributed by atoms with Crippen molar-refractivity contribution in [3.8, 4) is 5.75 Å². The van der Waals surface area contributed by atoms with Crippen molar-refractivity contribution in [3.63, 3.8) is 0 Å². The fraction of sp³-hybridized carbons (Fsp3) is 0.211. The smallest absolute Gasteiger partial charge is 0.224 e. The number of ether oxygens (including phenoxy) is 1. The lowest BCUT2D eigenvalue weighted by Gasteiger charge is -2.14. The number of aromatic nitrogens is 1. The van der Waals surface area contributed by atoms with E-state index in [-0.39, 0.29) is 11.9 Å². The highest BCUT2D eigenvalue weighted by Gasteiger charge is 2.12. The normalized spacial score (nSPS) is 12.1. The minimum atomic E-state index is -0.0107. The Morgan fingerprint density at radius 1 is 1.22 bits per heavy atom. The Morgan fingerprint density at radius 2 is 2.00 bits per heavy atom. The van der Waals surface area contributed by atoms with Crippen LogP contribution in [0.5, 0.6) is 5.75 Å². The molecule has 1 unspecified atom stereocenters. The number of amides is 1. The maximum atomic E-state index is 12.3. The molecule has 0 aliphatic carbocycles. The van der Waals surface area contributed by atoms with Gasteiger partial charge in [0.1, 0.15) is 5.75 Å². The van der Waals surface area contributed by atoms with Crippen molar-refractivity contribution in [1.29, 1.82) is 0 Å². The summed E-state index contributed by atoms with van der Waals surface area (Å²) in [6, 6.07) is 15.8. The van der Waals surface area contributed by atoms with Crippen LogP contribution in [0.3, 0.4) is 0 Å². The highest BCUT2D eigenvalue weighted by Crippen LogP contribution is 2.24. The largest absolute Gasteiger partial charge is 0.497 e. The fourth-order valence-corrected chi connectivity index (χ4v) is 2.72. The van der Waals surface area contributed by atoms with Gasteiger partial charge in [0.15, 0.2) is 0 Å². The zero-order valence-corrected chi connectivity index (χ0v) is 13.3. The number of carbonyl (C=O) groups is 1. The summed E-state index contributed by atoms with van der Waals surface area (Å²) in [5.74, 6) is 0.793. The van der Waals surface area contributed by atoms with Crippen molar-refractivity contribution in [2.45, 2.75) is 19.4 Å². The number of aromatic amines is 1. The molecule has 118 valence electrons. The van der Waals surface area contributed by atoms with Crippen LogP contribution in [0, 0.1) is 0 Å². The Morgan fingerprint density at radius 3 is 2.74 bits per heavy atom. The quantitative estimate of drug-likeness (QED) is 0.756. The average molecular weight is 308 g/mol. The standard InChI is InChI=1S/C19H20N2O2/c1-13(14-6-4-3-5-7-14)21-19(22)10-15-12-20-18-9-8-16(23-2)11-17(15)18/h3-9,11-13,20H,10H2,1-2H3,(H,21,22). The van der Waals surface area contributed by atoms with E-state index in [4.69, 9.17) is 4.74 Å². The molecule has 0 fully saturated rings.